The zero-order chi connectivity index (χ0) is 22.2. The second kappa shape index (κ2) is 7.93. The summed E-state index contributed by atoms with van der Waals surface area (Å²) in [4.78, 5) is 17.0. The molecule has 0 radical (unpaired) electrons. The van der Waals surface area contributed by atoms with E-state index in [1.807, 2.05) is 13.8 Å². The lowest BCUT2D eigenvalue weighted by atomic mass is 10.0. The van der Waals surface area contributed by atoms with Crippen LogP contribution in [-0.2, 0) is 6.18 Å². The molecule has 1 N–H and O–H groups in total. The van der Waals surface area contributed by atoms with Crippen LogP contribution in [0.25, 0.3) is 11.4 Å². The topological polar surface area (TPSA) is 86.5 Å². The standard InChI is InChI=1S/C21H18F3N3O4/c1-11(2)17(25-19(28)12-3-6-14(7-4-12)21(22,23)24)20-26-18(27-31-20)13-5-8-15-16(9-13)30-10-29-15/h3-9,11,17H,10H2,1-2H3,(H,25,28). The lowest BCUT2D eigenvalue weighted by Crippen LogP contribution is -2.32. The molecule has 0 saturated carbocycles. The Bertz CT molecular complexity index is 1090. The predicted molar refractivity (Wildman–Crippen MR) is 102 cm³/mol. The number of fused-ring (bicyclic) bond motifs is 1. The molecule has 1 aromatic heterocycles. The van der Waals surface area contributed by atoms with Crippen molar-refractivity contribution >= 4 is 5.91 Å². The normalized spacial score (nSPS) is 14.0. The first kappa shape index (κ1) is 20.7. The third-order valence-electron chi connectivity index (χ3n) is 4.77. The van der Waals surface area contributed by atoms with Gasteiger partial charge in [0.25, 0.3) is 5.91 Å². The molecular formula is C21H18F3N3O4. The number of amides is 1. The maximum atomic E-state index is 12.7. The zero-order valence-corrected chi connectivity index (χ0v) is 16.6. The van der Waals surface area contributed by atoms with Crippen molar-refractivity contribution in [3.63, 3.8) is 0 Å². The lowest BCUT2D eigenvalue weighted by molar-refractivity contribution is -0.137. The van der Waals surface area contributed by atoms with Gasteiger partial charge in [0.2, 0.25) is 18.5 Å². The first-order chi connectivity index (χ1) is 14.7. The average Bonchev–Trinajstić information content (AvgIpc) is 3.40. The maximum absolute atomic E-state index is 12.7. The first-order valence-corrected chi connectivity index (χ1v) is 9.44. The Balaban J connectivity index is 1.52. The Kier molecular flexibility index (Phi) is 5.30. The van der Waals surface area contributed by atoms with Gasteiger partial charge in [-0.2, -0.15) is 18.2 Å². The number of rotatable bonds is 5. The number of benzene rings is 2. The van der Waals surface area contributed by atoms with Crippen LogP contribution in [0.1, 0.15) is 41.7 Å². The van der Waals surface area contributed by atoms with E-state index < -0.39 is 23.7 Å². The van der Waals surface area contributed by atoms with E-state index in [9.17, 15) is 18.0 Å². The number of hydrogen-bond donors (Lipinski definition) is 1. The minimum atomic E-state index is -4.47. The highest BCUT2D eigenvalue weighted by Gasteiger charge is 2.31. The number of hydrogen-bond acceptors (Lipinski definition) is 6. The summed E-state index contributed by atoms with van der Waals surface area (Å²) in [7, 11) is 0. The van der Waals surface area contributed by atoms with Gasteiger partial charge in [-0.05, 0) is 48.4 Å². The SMILES string of the molecule is CC(C)C(NC(=O)c1ccc(C(F)(F)F)cc1)c1nc(-c2ccc3c(c2)OCO3)no1. The van der Waals surface area contributed by atoms with Gasteiger partial charge < -0.3 is 19.3 Å². The Labute approximate surface area is 175 Å². The van der Waals surface area contributed by atoms with Gasteiger partial charge in [0.05, 0.1) is 5.56 Å². The van der Waals surface area contributed by atoms with Crippen molar-refractivity contribution < 1.29 is 32.0 Å². The summed E-state index contributed by atoms with van der Waals surface area (Å²) in [6.07, 6.45) is -4.47. The molecule has 2 aromatic carbocycles. The number of nitrogens with one attached hydrogen (secondary N) is 1. The molecule has 10 heteroatoms. The van der Waals surface area contributed by atoms with E-state index in [1.165, 1.54) is 0 Å². The van der Waals surface area contributed by atoms with Crippen molar-refractivity contribution in [3.05, 3.63) is 59.5 Å². The summed E-state index contributed by atoms with van der Waals surface area (Å²) in [5.74, 6) is 1.01. The highest BCUT2D eigenvalue weighted by Crippen LogP contribution is 2.35. The fraction of sp³-hybridized carbons (Fsp3) is 0.286. The molecule has 7 nitrogen and oxygen atoms in total. The number of aromatic nitrogens is 2. The van der Waals surface area contributed by atoms with Crippen LogP contribution in [0.2, 0.25) is 0 Å². The summed E-state index contributed by atoms with van der Waals surface area (Å²) < 4.78 is 54.2. The van der Waals surface area contributed by atoms with Crippen molar-refractivity contribution in [1.29, 1.82) is 0 Å². The van der Waals surface area contributed by atoms with Crippen LogP contribution in [0.5, 0.6) is 11.5 Å². The summed E-state index contributed by atoms with van der Waals surface area (Å²) in [6, 6.07) is 8.57. The van der Waals surface area contributed by atoms with Crippen molar-refractivity contribution in [3.8, 4) is 22.9 Å². The molecule has 1 unspecified atom stereocenters. The fourth-order valence-electron chi connectivity index (χ4n) is 3.06. The van der Waals surface area contributed by atoms with Gasteiger partial charge >= 0.3 is 6.18 Å². The molecule has 3 aromatic rings. The quantitative estimate of drug-likeness (QED) is 0.632. The van der Waals surface area contributed by atoms with Crippen LogP contribution < -0.4 is 14.8 Å². The summed E-state index contributed by atoms with van der Waals surface area (Å²) in [6.45, 7) is 3.84. The van der Waals surface area contributed by atoms with Crippen LogP contribution in [0, 0.1) is 5.92 Å². The Morgan fingerprint density at radius 1 is 1.06 bits per heavy atom. The van der Waals surface area contributed by atoms with Crippen molar-refractivity contribution in [2.45, 2.75) is 26.1 Å². The molecule has 1 amide bonds. The van der Waals surface area contributed by atoms with Crippen molar-refractivity contribution in [1.82, 2.24) is 15.5 Å². The van der Waals surface area contributed by atoms with Gasteiger partial charge in [-0.25, -0.2) is 0 Å². The van der Waals surface area contributed by atoms with Crippen molar-refractivity contribution in [2.24, 2.45) is 5.92 Å². The van der Waals surface area contributed by atoms with Gasteiger partial charge in [0.15, 0.2) is 11.5 Å². The first-order valence-electron chi connectivity index (χ1n) is 9.44. The summed E-state index contributed by atoms with van der Waals surface area (Å²) in [5, 5.41) is 6.73. The molecule has 0 bridgehead atoms. The van der Waals surface area contributed by atoms with Crippen molar-refractivity contribution in [2.75, 3.05) is 6.79 Å². The highest BCUT2D eigenvalue weighted by atomic mass is 19.4. The third-order valence-corrected chi connectivity index (χ3v) is 4.77. The van der Waals surface area contributed by atoms with Crippen LogP contribution in [0.3, 0.4) is 0 Å². The minimum absolute atomic E-state index is 0.0918. The Morgan fingerprint density at radius 3 is 2.45 bits per heavy atom. The molecule has 0 spiro atoms. The summed E-state index contributed by atoms with van der Waals surface area (Å²) >= 11 is 0. The lowest BCUT2D eigenvalue weighted by Gasteiger charge is -2.18. The maximum Gasteiger partial charge on any atom is 0.416 e. The number of carbonyl (C=O) groups is 1. The van der Waals surface area contributed by atoms with E-state index in [1.54, 1.807) is 18.2 Å². The van der Waals surface area contributed by atoms with E-state index in [2.05, 4.69) is 15.5 Å². The smallest absolute Gasteiger partial charge is 0.416 e. The number of halogens is 3. The molecular weight excluding hydrogens is 415 g/mol. The highest BCUT2D eigenvalue weighted by molar-refractivity contribution is 5.94. The predicted octanol–water partition coefficient (Wildman–Crippen LogP) is 4.61. The monoisotopic (exact) mass is 433 g/mol. The van der Waals surface area contributed by atoms with Gasteiger partial charge in [-0.1, -0.05) is 19.0 Å². The van der Waals surface area contributed by atoms with Crippen LogP contribution in [-0.4, -0.2) is 22.8 Å². The summed E-state index contributed by atoms with van der Waals surface area (Å²) in [5.41, 5.74) is -0.0836. The molecule has 1 aliphatic rings. The number of carbonyl (C=O) groups excluding carboxylic acids is 1. The zero-order valence-electron chi connectivity index (χ0n) is 16.6. The molecule has 2 heterocycles. The number of nitrogens with zero attached hydrogens (tertiary/aromatic N) is 2. The van der Waals surface area contributed by atoms with Crippen LogP contribution in [0.15, 0.2) is 47.0 Å². The Morgan fingerprint density at radius 2 is 1.77 bits per heavy atom. The molecule has 0 saturated heterocycles. The second-order valence-electron chi connectivity index (χ2n) is 7.29. The fourth-order valence-corrected chi connectivity index (χ4v) is 3.06. The van der Waals surface area contributed by atoms with E-state index in [4.69, 9.17) is 14.0 Å². The van der Waals surface area contributed by atoms with Gasteiger partial charge in [-0.15, -0.1) is 0 Å². The van der Waals surface area contributed by atoms with E-state index >= 15 is 0 Å². The molecule has 0 aliphatic carbocycles. The molecule has 31 heavy (non-hydrogen) atoms. The second-order valence-corrected chi connectivity index (χ2v) is 7.29. The largest absolute Gasteiger partial charge is 0.454 e. The molecule has 0 fully saturated rings. The molecule has 162 valence electrons. The van der Waals surface area contributed by atoms with E-state index in [0.717, 1.165) is 24.3 Å². The number of alkyl halides is 3. The molecule has 4 rings (SSSR count). The van der Waals surface area contributed by atoms with Gasteiger partial charge in [-0.3, -0.25) is 4.79 Å². The van der Waals surface area contributed by atoms with E-state index in [-0.39, 0.29) is 24.2 Å². The van der Waals surface area contributed by atoms with Crippen LogP contribution in [0.4, 0.5) is 13.2 Å². The third kappa shape index (κ3) is 4.32. The average molecular weight is 433 g/mol. The van der Waals surface area contributed by atoms with Crippen LogP contribution >= 0.6 is 0 Å². The minimum Gasteiger partial charge on any atom is -0.454 e. The molecule has 1 atom stereocenters. The van der Waals surface area contributed by atoms with E-state index in [0.29, 0.717) is 22.9 Å². The van der Waals surface area contributed by atoms with Gasteiger partial charge in [0, 0.05) is 11.1 Å². The number of ether oxygens (including phenoxy) is 2. The molecule has 1 aliphatic heterocycles. The Hall–Kier alpha value is -3.56. The van der Waals surface area contributed by atoms with Gasteiger partial charge in [0.1, 0.15) is 6.04 Å².